The van der Waals surface area contributed by atoms with Crippen LogP contribution in [0.2, 0.25) is 0 Å². The molecule has 0 aromatic heterocycles. The summed E-state index contributed by atoms with van der Waals surface area (Å²) in [6, 6.07) is 5.20. The van der Waals surface area contributed by atoms with Crippen LogP contribution in [-0.2, 0) is 15.3 Å². The van der Waals surface area contributed by atoms with E-state index in [-0.39, 0.29) is 12.0 Å². The van der Waals surface area contributed by atoms with Gasteiger partial charge in [-0.05, 0) is 24.1 Å². The van der Waals surface area contributed by atoms with E-state index in [0.29, 0.717) is 4.90 Å². The lowest BCUT2D eigenvalue weighted by atomic mass is 9.85. The number of sulfone groups is 1. The summed E-state index contributed by atoms with van der Waals surface area (Å²) in [6.07, 6.45) is 1.20. The maximum Gasteiger partial charge on any atom is 0.175 e. The molecule has 0 heterocycles. The van der Waals surface area contributed by atoms with Gasteiger partial charge in [0, 0.05) is 11.7 Å². The molecule has 1 N–H and O–H groups in total. The Bertz CT molecular complexity index is 487. The van der Waals surface area contributed by atoms with Gasteiger partial charge in [-0.25, -0.2) is 8.42 Å². The molecule has 3 nitrogen and oxygen atoms in total. The lowest BCUT2D eigenvalue weighted by molar-refractivity contribution is 0.218. The Hall–Kier alpha value is -0.870. The molecule has 90 valence electrons. The third kappa shape index (κ3) is 2.62. The predicted octanol–water partition coefficient (Wildman–Crippen LogP) is 1.67. The van der Waals surface area contributed by atoms with Gasteiger partial charge in [-0.15, -0.1) is 0 Å². The smallest absolute Gasteiger partial charge is 0.175 e. The third-order valence-corrected chi connectivity index (χ3v) is 4.01. The molecular weight excluding hydrogens is 224 g/mol. The summed E-state index contributed by atoms with van der Waals surface area (Å²) in [6.45, 7) is 5.64. The number of aliphatic hydroxyl groups is 1. The van der Waals surface area contributed by atoms with Crippen molar-refractivity contribution in [2.75, 3.05) is 12.9 Å². The quantitative estimate of drug-likeness (QED) is 0.877. The second-order valence-electron chi connectivity index (χ2n) is 4.79. The van der Waals surface area contributed by atoms with Gasteiger partial charge in [-0.1, -0.05) is 26.0 Å². The largest absolute Gasteiger partial charge is 0.395 e. The van der Waals surface area contributed by atoms with Crippen molar-refractivity contribution in [1.29, 1.82) is 0 Å². The van der Waals surface area contributed by atoms with Crippen molar-refractivity contribution in [1.82, 2.24) is 0 Å². The van der Waals surface area contributed by atoms with Gasteiger partial charge in [0.2, 0.25) is 0 Å². The van der Waals surface area contributed by atoms with Crippen LogP contribution < -0.4 is 0 Å². The molecule has 1 aromatic carbocycles. The Morgan fingerprint density at radius 3 is 2.25 bits per heavy atom. The monoisotopic (exact) mass is 242 g/mol. The molecular formula is C12H18O3S. The molecule has 0 atom stereocenters. The molecule has 0 aliphatic heterocycles. The minimum absolute atomic E-state index is 0.0324. The van der Waals surface area contributed by atoms with Gasteiger partial charge in [0.15, 0.2) is 9.84 Å². The van der Waals surface area contributed by atoms with Crippen molar-refractivity contribution in [3.63, 3.8) is 0 Å². The summed E-state index contributed by atoms with van der Waals surface area (Å²) in [5.41, 5.74) is 1.32. The van der Waals surface area contributed by atoms with Crippen LogP contribution in [-0.4, -0.2) is 26.4 Å². The van der Waals surface area contributed by atoms with E-state index in [1.807, 2.05) is 19.9 Å². The first-order chi connectivity index (χ1) is 7.18. The SMILES string of the molecule is Cc1cc(C(C)(C)CO)ccc1S(C)(=O)=O. The molecule has 0 bridgehead atoms. The zero-order chi connectivity index (χ0) is 12.6. The number of hydrogen-bond acceptors (Lipinski definition) is 3. The molecule has 0 spiro atoms. The van der Waals surface area contributed by atoms with Crippen molar-refractivity contribution >= 4 is 9.84 Å². The van der Waals surface area contributed by atoms with Crippen LogP contribution in [0.3, 0.4) is 0 Å². The number of benzene rings is 1. The van der Waals surface area contributed by atoms with Crippen molar-refractivity contribution in [3.05, 3.63) is 29.3 Å². The van der Waals surface area contributed by atoms with Crippen LogP contribution in [0.5, 0.6) is 0 Å². The molecule has 0 aliphatic carbocycles. The first kappa shape index (κ1) is 13.2. The topological polar surface area (TPSA) is 54.4 Å². The van der Waals surface area contributed by atoms with E-state index in [1.54, 1.807) is 19.1 Å². The van der Waals surface area contributed by atoms with Crippen LogP contribution in [0.1, 0.15) is 25.0 Å². The Labute approximate surface area is 97.0 Å². The van der Waals surface area contributed by atoms with Crippen molar-refractivity contribution in [2.45, 2.75) is 31.1 Å². The van der Waals surface area contributed by atoms with Crippen LogP contribution in [0.4, 0.5) is 0 Å². The molecule has 1 aromatic rings. The van der Waals surface area contributed by atoms with E-state index in [4.69, 9.17) is 0 Å². The summed E-state index contributed by atoms with van der Waals surface area (Å²) in [5, 5.41) is 9.25. The van der Waals surface area contributed by atoms with Crippen LogP contribution in [0.25, 0.3) is 0 Å². The van der Waals surface area contributed by atoms with E-state index in [1.165, 1.54) is 6.26 Å². The van der Waals surface area contributed by atoms with E-state index < -0.39 is 9.84 Å². The molecule has 0 saturated carbocycles. The van der Waals surface area contributed by atoms with Crippen LogP contribution >= 0.6 is 0 Å². The highest BCUT2D eigenvalue weighted by molar-refractivity contribution is 7.90. The van der Waals surface area contributed by atoms with Gasteiger partial charge in [0.25, 0.3) is 0 Å². The first-order valence-electron chi connectivity index (χ1n) is 5.10. The normalized spacial score (nSPS) is 12.8. The first-order valence-corrected chi connectivity index (χ1v) is 6.99. The number of aryl methyl sites for hydroxylation is 1. The maximum atomic E-state index is 11.4. The van der Waals surface area contributed by atoms with Gasteiger partial charge < -0.3 is 5.11 Å². The lowest BCUT2D eigenvalue weighted by Crippen LogP contribution is -2.22. The minimum Gasteiger partial charge on any atom is -0.395 e. The average Bonchev–Trinajstić information content (AvgIpc) is 2.15. The van der Waals surface area contributed by atoms with Gasteiger partial charge in [0.1, 0.15) is 0 Å². The number of hydrogen-bond donors (Lipinski definition) is 1. The van der Waals surface area contributed by atoms with E-state index in [9.17, 15) is 13.5 Å². The van der Waals surface area contributed by atoms with Crippen molar-refractivity contribution in [3.8, 4) is 0 Å². The molecule has 16 heavy (non-hydrogen) atoms. The Morgan fingerprint density at radius 2 is 1.88 bits per heavy atom. The fourth-order valence-electron chi connectivity index (χ4n) is 1.58. The Kier molecular flexibility index (Phi) is 3.45. The summed E-state index contributed by atoms with van der Waals surface area (Å²) < 4.78 is 22.9. The predicted molar refractivity (Wildman–Crippen MR) is 64.4 cm³/mol. The second-order valence-corrected chi connectivity index (χ2v) is 6.78. The van der Waals surface area contributed by atoms with Crippen LogP contribution in [0.15, 0.2) is 23.1 Å². The van der Waals surface area contributed by atoms with Crippen LogP contribution in [0, 0.1) is 6.92 Å². The molecule has 0 aliphatic rings. The van der Waals surface area contributed by atoms with Gasteiger partial charge in [-0.3, -0.25) is 0 Å². The number of rotatable bonds is 3. The standard InChI is InChI=1S/C12H18O3S/c1-9-7-10(12(2,3)8-13)5-6-11(9)16(4,14)15/h5-7,13H,8H2,1-4H3. The van der Waals surface area contributed by atoms with E-state index in [2.05, 4.69) is 0 Å². The third-order valence-electron chi connectivity index (χ3n) is 2.75. The molecule has 0 amide bonds. The number of aliphatic hydroxyl groups excluding tert-OH is 1. The maximum absolute atomic E-state index is 11.4. The van der Waals surface area contributed by atoms with Crippen molar-refractivity contribution < 1.29 is 13.5 Å². The Morgan fingerprint density at radius 1 is 1.31 bits per heavy atom. The summed E-state index contributed by atoms with van der Waals surface area (Å²) >= 11 is 0. The summed E-state index contributed by atoms with van der Waals surface area (Å²) in [5.74, 6) is 0. The molecule has 0 unspecified atom stereocenters. The molecule has 0 fully saturated rings. The van der Waals surface area contributed by atoms with Gasteiger partial charge >= 0.3 is 0 Å². The molecule has 4 heteroatoms. The fraction of sp³-hybridized carbons (Fsp3) is 0.500. The fourth-order valence-corrected chi connectivity index (χ4v) is 2.54. The summed E-state index contributed by atoms with van der Waals surface area (Å²) in [7, 11) is -3.16. The van der Waals surface area contributed by atoms with E-state index >= 15 is 0 Å². The van der Waals surface area contributed by atoms with E-state index in [0.717, 1.165) is 11.1 Å². The zero-order valence-corrected chi connectivity index (χ0v) is 10.9. The summed E-state index contributed by atoms with van der Waals surface area (Å²) in [4.78, 5) is 0.352. The molecule has 0 radical (unpaired) electrons. The van der Waals surface area contributed by atoms with Gasteiger partial charge in [0.05, 0.1) is 11.5 Å². The highest BCUT2D eigenvalue weighted by Crippen LogP contribution is 2.26. The minimum atomic E-state index is -3.16. The van der Waals surface area contributed by atoms with Crippen molar-refractivity contribution in [2.24, 2.45) is 0 Å². The second kappa shape index (κ2) is 4.18. The highest BCUT2D eigenvalue weighted by atomic mass is 32.2. The Balaban J connectivity index is 3.30. The lowest BCUT2D eigenvalue weighted by Gasteiger charge is -2.23. The molecule has 1 rings (SSSR count). The van der Waals surface area contributed by atoms with Gasteiger partial charge in [-0.2, -0.15) is 0 Å². The average molecular weight is 242 g/mol. The zero-order valence-electron chi connectivity index (χ0n) is 10.1. The molecule has 0 saturated heterocycles. The highest BCUT2D eigenvalue weighted by Gasteiger charge is 2.21.